The summed E-state index contributed by atoms with van der Waals surface area (Å²) in [6.45, 7) is 3.66. The van der Waals surface area contributed by atoms with E-state index in [1.807, 2.05) is 0 Å². The first-order valence-corrected chi connectivity index (χ1v) is 20.4. The number of nitrogens with zero attached hydrogens (tertiary/aromatic N) is 2. The van der Waals surface area contributed by atoms with Crippen molar-refractivity contribution in [3.05, 3.63) is 35.9 Å². The Morgan fingerprint density at radius 3 is 2.33 bits per heavy atom. The first-order chi connectivity index (χ1) is 30.1. The molecule has 63 heavy (non-hydrogen) atoms. The molecular formula is C37H59N13O13. The topological polar surface area (TPSA) is 410 Å². The van der Waals surface area contributed by atoms with E-state index in [0.29, 0.717) is 29.3 Å². The third kappa shape index (κ3) is 13.0. The Balaban J connectivity index is 1.15. The fourth-order valence-corrected chi connectivity index (χ4v) is 7.46. The molecule has 4 saturated heterocycles. The number of urea groups is 4. The van der Waals surface area contributed by atoms with Crippen LogP contribution in [0.1, 0.15) is 31.7 Å². The zero-order valence-electron chi connectivity index (χ0n) is 34.5. The number of primary amides is 2. The van der Waals surface area contributed by atoms with Gasteiger partial charge in [0.2, 0.25) is 12.2 Å². The fourth-order valence-electron chi connectivity index (χ4n) is 7.46. The lowest BCUT2D eigenvalue weighted by atomic mass is 9.95. The number of imide groups is 1. The summed E-state index contributed by atoms with van der Waals surface area (Å²) >= 11 is 0. The van der Waals surface area contributed by atoms with Crippen LogP contribution < -0.4 is 65.3 Å². The van der Waals surface area contributed by atoms with Crippen molar-refractivity contribution in [1.82, 2.24) is 36.8 Å². The minimum Gasteiger partial charge on any atom is -0.462 e. The van der Waals surface area contributed by atoms with Crippen molar-refractivity contribution in [2.75, 3.05) is 39.4 Å². The van der Waals surface area contributed by atoms with Gasteiger partial charge in [-0.2, -0.15) is 0 Å². The molecule has 4 aliphatic rings. The Bertz CT molecular complexity index is 1790. The molecule has 19 N–H and O–H groups in total. The second-order valence-electron chi connectivity index (χ2n) is 15.2. The zero-order valence-corrected chi connectivity index (χ0v) is 34.5. The lowest BCUT2D eigenvalue weighted by Gasteiger charge is -2.44. The number of unbranched alkanes of at least 4 members (excludes halogenated alkanes) is 1. The number of rotatable bonds is 18. The van der Waals surface area contributed by atoms with Gasteiger partial charge in [0.05, 0.1) is 37.5 Å². The number of amides is 9. The summed E-state index contributed by atoms with van der Waals surface area (Å²) in [4.78, 5) is 67.0. The molecule has 13 atom stereocenters. The van der Waals surface area contributed by atoms with Crippen molar-refractivity contribution in [1.29, 1.82) is 0 Å². The van der Waals surface area contributed by atoms with Crippen LogP contribution in [0.3, 0.4) is 0 Å². The van der Waals surface area contributed by atoms with Gasteiger partial charge in [-0.15, -0.1) is 0 Å². The van der Waals surface area contributed by atoms with Gasteiger partial charge in [0.15, 0.2) is 18.5 Å². The van der Waals surface area contributed by atoms with Crippen LogP contribution in [0.5, 0.6) is 5.75 Å². The number of guanidine groups is 1. The Hall–Kier alpha value is -5.58. The van der Waals surface area contributed by atoms with E-state index in [9.17, 15) is 39.3 Å². The van der Waals surface area contributed by atoms with E-state index in [4.69, 9.17) is 52.4 Å². The Labute approximate surface area is 361 Å². The van der Waals surface area contributed by atoms with Crippen LogP contribution in [0.2, 0.25) is 0 Å². The zero-order chi connectivity index (χ0) is 45.8. The average Bonchev–Trinajstić information content (AvgIpc) is 3.60. The number of carbonyl (C=O) groups is 5. The highest BCUT2D eigenvalue weighted by Gasteiger charge is 2.55. The molecule has 1 aromatic carbocycles. The molecule has 9 amide bonds. The number of fused-ring (bicyclic) bond motifs is 1. The Morgan fingerprint density at radius 2 is 1.65 bits per heavy atom. The number of aliphatic hydroxyl groups excluding tert-OH is 3. The lowest BCUT2D eigenvalue weighted by Crippen LogP contribution is -2.69. The number of carbonyl (C=O) groups excluding carboxylic acids is 5. The molecule has 0 spiro atoms. The van der Waals surface area contributed by atoms with Gasteiger partial charge < -0.3 is 99.6 Å². The van der Waals surface area contributed by atoms with E-state index in [2.05, 4.69) is 36.9 Å². The molecule has 0 aromatic heterocycles. The summed E-state index contributed by atoms with van der Waals surface area (Å²) in [5.74, 6) is -0.335. The maximum absolute atomic E-state index is 13.4. The summed E-state index contributed by atoms with van der Waals surface area (Å²) in [6, 6.07) is -3.56. The van der Waals surface area contributed by atoms with Crippen LogP contribution in [0.4, 0.5) is 19.2 Å². The number of hydrogen-bond acceptors (Lipinski definition) is 16. The van der Waals surface area contributed by atoms with Crippen molar-refractivity contribution in [3.8, 4) is 5.75 Å². The Kier molecular flexibility index (Phi) is 17.4. The van der Waals surface area contributed by atoms with E-state index in [1.54, 1.807) is 37.3 Å². The highest BCUT2D eigenvalue weighted by atomic mass is 16.7. The van der Waals surface area contributed by atoms with Crippen molar-refractivity contribution in [3.63, 3.8) is 0 Å². The summed E-state index contributed by atoms with van der Waals surface area (Å²) in [7, 11) is 0. The van der Waals surface area contributed by atoms with Crippen molar-refractivity contribution >= 4 is 42.1 Å². The van der Waals surface area contributed by atoms with Gasteiger partial charge in [-0.05, 0) is 69.6 Å². The molecule has 0 unspecified atom stereocenters. The molecule has 26 heteroatoms. The van der Waals surface area contributed by atoms with E-state index in [-0.39, 0.29) is 12.5 Å². The van der Waals surface area contributed by atoms with Gasteiger partial charge in [0.25, 0.3) is 0 Å². The lowest BCUT2D eigenvalue weighted by molar-refractivity contribution is -0.268. The minimum atomic E-state index is -1.64. The van der Waals surface area contributed by atoms with E-state index in [0.717, 1.165) is 32.4 Å². The van der Waals surface area contributed by atoms with Crippen LogP contribution in [0.15, 0.2) is 35.3 Å². The monoisotopic (exact) mass is 893 g/mol. The molecule has 0 radical (unpaired) electrons. The molecule has 0 saturated carbocycles. The first-order valence-electron chi connectivity index (χ1n) is 20.4. The quantitative estimate of drug-likeness (QED) is 0.0284. The molecule has 4 fully saturated rings. The summed E-state index contributed by atoms with van der Waals surface area (Å²) < 4.78 is 29.3. The number of hydrogen-bond donors (Lipinski definition) is 14. The van der Waals surface area contributed by atoms with E-state index in [1.165, 1.54) is 6.08 Å². The predicted octanol–water partition coefficient (Wildman–Crippen LogP) is -4.97. The van der Waals surface area contributed by atoms with E-state index < -0.39 is 116 Å². The number of nitrogens with one attached hydrogen (secondary N) is 6. The van der Waals surface area contributed by atoms with Crippen LogP contribution in [0.25, 0.3) is 6.08 Å². The molecule has 26 nitrogen and oxygen atoms in total. The van der Waals surface area contributed by atoms with Crippen molar-refractivity contribution in [2.45, 2.75) is 106 Å². The molecule has 4 aliphatic heterocycles. The van der Waals surface area contributed by atoms with Gasteiger partial charge in [0.1, 0.15) is 42.2 Å². The van der Waals surface area contributed by atoms with Crippen molar-refractivity contribution < 1.29 is 63.0 Å². The fraction of sp³-hybridized carbons (Fsp3) is 0.622. The van der Waals surface area contributed by atoms with Gasteiger partial charge in [-0.1, -0.05) is 12.1 Å². The maximum Gasteiger partial charge on any atom is 0.326 e. The second kappa shape index (κ2) is 22.7. The van der Waals surface area contributed by atoms with E-state index >= 15 is 0 Å². The highest BCUT2D eigenvalue weighted by Crippen LogP contribution is 2.30. The number of nitrogens with two attached hydrogens (primary N) is 5. The van der Waals surface area contributed by atoms with Crippen LogP contribution in [-0.2, 0) is 23.7 Å². The second-order valence-corrected chi connectivity index (χ2v) is 15.2. The summed E-state index contributed by atoms with van der Waals surface area (Å²) in [6.07, 6.45) is -4.85. The summed E-state index contributed by atoms with van der Waals surface area (Å²) in [5.41, 5.74) is 28.3. The molecule has 1 aromatic rings. The van der Waals surface area contributed by atoms with Gasteiger partial charge in [-0.25, -0.2) is 29.1 Å². The molecule has 350 valence electrons. The number of aliphatic hydroxyl groups is 3. The molecule has 5 rings (SSSR count). The number of aliphatic imine (C=N–C) groups is 1. The van der Waals surface area contributed by atoms with Crippen LogP contribution in [0, 0.1) is 0 Å². The largest absolute Gasteiger partial charge is 0.462 e. The molecule has 0 aliphatic carbocycles. The Morgan fingerprint density at radius 1 is 0.921 bits per heavy atom. The smallest absolute Gasteiger partial charge is 0.326 e. The normalized spacial score (nSPS) is 31.6. The average molecular weight is 894 g/mol. The molecule has 4 heterocycles. The minimum absolute atomic E-state index is 0.243. The standard InChI is InChI=1S/C37H59N13O13/c1-17-23(29(54)26(45-33(39)40)31(61-17)62-19-8-5-18(6-9-19)7-10-22(52)44-14-4-13-43-12-3-2-11-38)47-36(57)49-30-25(46-34(41)55)28(53)21(16-59-30)63-32-27-24(20(51)15-60-32)48-37(58)50(27)35(42)56/h5-10,17,20-21,23-32,43,51,53-54H,2-4,11-16,38H2,1H3,(H2,42,56)(H,44,52)(H,48,58)(H4,39,40,45)(H3,41,46,55)(H2,47,49,57)/t17-,20-,21-,23-,24+,25-,26-,27-,28+,29+,30+,31+,32+/m0/s1. The van der Waals surface area contributed by atoms with Gasteiger partial charge in [-0.3, -0.25) is 4.79 Å². The predicted molar refractivity (Wildman–Crippen MR) is 221 cm³/mol. The van der Waals surface area contributed by atoms with Gasteiger partial charge >= 0.3 is 24.1 Å². The van der Waals surface area contributed by atoms with Crippen LogP contribution >= 0.6 is 0 Å². The SMILES string of the molecule is C[C@@H]1O[C@H](Oc2ccc(C=CC(=O)NCCCNCCCCN)cc2)[C@@H](N=C(N)N)[C@H](O)[C@H]1NC(=O)N[C@@H]1OC[C@H](O[C@H]2OC[C@H](O)[C@H]3NC(=O)N(C(N)=O)[C@H]23)[C@@H](O)[C@@H]1NC(N)=O. The maximum atomic E-state index is 13.4. The molecular weight excluding hydrogens is 834 g/mol. The first kappa shape index (κ1) is 48.5. The number of ether oxygens (including phenoxy) is 5. The third-order valence-electron chi connectivity index (χ3n) is 10.6. The molecule has 0 bridgehead atoms. The van der Waals surface area contributed by atoms with Crippen LogP contribution in [-0.4, -0.2) is 175 Å². The number of benzene rings is 1. The van der Waals surface area contributed by atoms with Crippen molar-refractivity contribution in [2.24, 2.45) is 33.7 Å². The van der Waals surface area contributed by atoms with Gasteiger partial charge in [0, 0.05) is 12.6 Å². The third-order valence-corrected chi connectivity index (χ3v) is 10.6. The summed E-state index contributed by atoms with van der Waals surface area (Å²) in [5, 5.41) is 49.1. The highest BCUT2D eigenvalue weighted by molar-refractivity contribution is 5.95.